The second kappa shape index (κ2) is 7.05. The summed E-state index contributed by atoms with van der Waals surface area (Å²) in [5, 5.41) is 12.7. The Bertz CT molecular complexity index is 460. The summed E-state index contributed by atoms with van der Waals surface area (Å²) in [7, 11) is 0. The fourth-order valence-corrected chi connectivity index (χ4v) is 3.03. The number of nitrogens with zero attached hydrogens (tertiary/aromatic N) is 1. The van der Waals surface area contributed by atoms with Crippen LogP contribution in [-0.2, 0) is 11.3 Å². The second-order valence-corrected chi connectivity index (χ2v) is 6.26. The molecular formula is C17H26N2O2. The summed E-state index contributed by atoms with van der Waals surface area (Å²) in [5.41, 5.74) is 2.34. The van der Waals surface area contributed by atoms with Crippen LogP contribution in [0, 0.1) is 6.92 Å². The van der Waals surface area contributed by atoms with Gasteiger partial charge in [-0.1, -0.05) is 29.8 Å². The zero-order valence-electron chi connectivity index (χ0n) is 13.2. The van der Waals surface area contributed by atoms with Crippen molar-refractivity contribution in [1.29, 1.82) is 0 Å². The summed E-state index contributed by atoms with van der Waals surface area (Å²) in [5.74, 6) is 0.0469. The number of carbonyl (C=O) groups is 1. The lowest BCUT2D eigenvalue weighted by Gasteiger charge is -2.40. The van der Waals surface area contributed by atoms with Crippen LogP contribution in [0.2, 0.25) is 0 Å². The van der Waals surface area contributed by atoms with Gasteiger partial charge in [-0.25, -0.2) is 0 Å². The Labute approximate surface area is 127 Å². The van der Waals surface area contributed by atoms with Crippen molar-refractivity contribution >= 4 is 5.91 Å². The first-order chi connectivity index (χ1) is 9.95. The maximum atomic E-state index is 12.1. The predicted octanol–water partition coefficient (Wildman–Crippen LogP) is 1.84. The molecule has 1 aromatic rings. The van der Waals surface area contributed by atoms with Crippen molar-refractivity contribution in [3.05, 3.63) is 35.4 Å². The van der Waals surface area contributed by atoms with E-state index in [1.54, 1.807) is 0 Å². The van der Waals surface area contributed by atoms with Gasteiger partial charge in [-0.05, 0) is 39.2 Å². The third-order valence-corrected chi connectivity index (χ3v) is 4.30. The fourth-order valence-electron chi connectivity index (χ4n) is 3.03. The largest absolute Gasteiger partial charge is 0.393 e. The molecule has 1 fully saturated rings. The molecular weight excluding hydrogens is 264 g/mol. The minimum atomic E-state index is -0.234. The molecule has 4 nitrogen and oxygen atoms in total. The summed E-state index contributed by atoms with van der Waals surface area (Å²) in [6.07, 6.45) is 1.26. The van der Waals surface area contributed by atoms with Crippen molar-refractivity contribution in [1.82, 2.24) is 10.2 Å². The number of likely N-dealkylation sites (tertiary alicyclic amines) is 1. The summed E-state index contributed by atoms with van der Waals surface area (Å²) in [6, 6.07) is 8.67. The van der Waals surface area contributed by atoms with Crippen LogP contribution < -0.4 is 5.32 Å². The van der Waals surface area contributed by atoms with Gasteiger partial charge < -0.3 is 10.4 Å². The molecule has 1 saturated heterocycles. The van der Waals surface area contributed by atoms with Gasteiger partial charge in [0.25, 0.3) is 0 Å². The maximum absolute atomic E-state index is 12.1. The highest BCUT2D eigenvalue weighted by molar-refractivity contribution is 5.78. The molecule has 0 saturated carbocycles. The maximum Gasteiger partial charge on any atom is 0.234 e. The average Bonchev–Trinajstić information content (AvgIpc) is 2.42. The van der Waals surface area contributed by atoms with Crippen molar-refractivity contribution in [3.8, 4) is 0 Å². The summed E-state index contributed by atoms with van der Waals surface area (Å²) in [4.78, 5) is 14.3. The number of hydrogen-bond acceptors (Lipinski definition) is 3. The molecule has 1 aromatic carbocycles. The number of piperidine rings is 1. The van der Waals surface area contributed by atoms with Gasteiger partial charge in [0.05, 0.1) is 12.6 Å². The van der Waals surface area contributed by atoms with Crippen molar-refractivity contribution in [2.75, 3.05) is 6.54 Å². The number of amides is 1. The van der Waals surface area contributed by atoms with Gasteiger partial charge in [-0.3, -0.25) is 9.69 Å². The van der Waals surface area contributed by atoms with Crippen LogP contribution in [0.15, 0.2) is 24.3 Å². The zero-order chi connectivity index (χ0) is 15.4. The molecule has 116 valence electrons. The lowest BCUT2D eigenvalue weighted by Crippen LogP contribution is -2.51. The third-order valence-electron chi connectivity index (χ3n) is 4.30. The number of hydrogen-bond donors (Lipinski definition) is 2. The van der Waals surface area contributed by atoms with Crippen LogP contribution in [0.5, 0.6) is 0 Å². The fraction of sp³-hybridized carbons (Fsp3) is 0.588. The van der Waals surface area contributed by atoms with Gasteiger partial charge >= 0.3 is 0 Å². The Morgan fingerprint density at radius 3 is 2.38 bits per heavy atom. The Morgan fingerprint density at radius 2 is 1.81 bits per heavy atom. The van der Waals surface area contributed by atoms with Crippen LogP contribution in [-0.4, -0.2) is 40.6 Å². The molecule has 2 N–H and O–H groups in total. The predicted molar refractivity (Wildman–Crippen MR) is 83.9 cm³/mol. The molecule has 0 aliphatic carbocycles. The van der Waals surface area contributed by atoms with Gasteiger partial charge in [0.2, 0.25) is 5.91 Å². The van der Waals surface area contributed by atoms with Gasteiger partial charge in [0.15, 0.2) is 0 Å². The Hall–Kier alpha value is -1.39. The highest BCUT2D eigenvalue weighted by Gasteiger charge is 2.30. The van der Waals surface area contributed by atoms with E-state index in [-0.39, 0.29) is 24.1 Å². The topological polar surface area (TPSA) is 52.6 Å². The van der Waals surface area contributed by atoms with Crippen LogP contribution in [0.4, 0.5) is 0 Å². The lowest BCUT2D eigenvalue weighted by atomic mass is 9.95. The molecule has 4 heteroatoms. The number of aliphatic hydroxyl groups excluding tert-OH is 1. The summed E-state index contributed by atoms with van der Waals surface area (Å²) < 4.78 is 0. The van der Waals surface area contributed by atoms with E-state index in [1.165, 1.54) is 5.56 Å². The first-order valence-corrected chi connectivity index (χ1v) is 7.71. The van der Waals surface area contributed by atoms with Crippen LogP contribution in [0.25, 0.3) is 0 Å². The van der Waals surface area contributed by atoms with E-state index in [4.69, 9.17) is 0 Å². The van der Waals surface area contributed by atoms with Crippen LogP contribution in [0.3, 0.4) is 0 Å². The molecule has 0 unspecified atom stereocenters. The number of benzene rings is 1. The zero-order valence-corrected chi connectivity index (χ0v) is 13.2. The molecule has 0 spiro atoms. The van der Waals surface area contributed by atoms with E-state index < -0.39 is 0 Å². The van der Waals surface area contributed by atoms with Crippen LogP contribution in [0.1, 0.15) is 37.8 Å². The highest BCUT2D eigenvalue weighted by atomic mass is 16.3. The summed E-state index contributed by atoms with van der Waals surface area (Å²) in [6.45, 7) is 7.17. The monoisotopic (exact) mass is 290 g/mol. The van der Waals surface area contributed by atoms with E-state index in [2.05, 4.69) is 43.1 Å². The standard InChI is InChI=1S/C17H26N2O2/c1-12-4-6-15(7-5-12)10-18-17(21)11-19-13(2)8-16(20)9-14(19)3/h4-7,13-14,16,20H,8-11H2,1-3H3,(H,18,21)/t13-,14-/m0/s1. The molecule has 0 bridgehead atoms. The Balaban J connectivity index is 1.82. The van der Waals surface area contributed by atoms with Crippen LogP contribution >= 0.6 is 0 Å². The summed E-state index contributed by atoms with van der Waals surface area (Å²) >= 11 is 0. The molecule has 1 aliphatic heterocycles. The molecule has 1 heterocycles. The number of rotatable bonds is 4. The number of aliphatic hydroxyl groups is 1. The van der Waals surface area contributed by atoms with Crippen molar-refractivity contribution in [3.63, 3.8) is 0 Å². The Kier molecular flexibility index (Phi) is 5.37. The number of carbonyl (C=O) groups excluding carboxylic acids is 1. The molecule has 2 atom stereocenters. The minimum Gasteiger partial charge on any atom is -0.393 e. The number of aryl methyl sites for hydroxylation is 1. The lowest BCUT2D eigenvalue weighted by molar-refractivity contribution is -0.124. The Morgan fingerprint density at radius 1 is 1.24 bits per heavy atom. The van der Waals surface area contributed by atoms with E-state index in [0.717, 1.165) is 18.4 Å². The smallest absolute Gasteiger partial charge is 0.234 e. The van der Waals surface area contributed by atoms with Crippen molar-refractivity contribution in [2.45, 2.75) is 58.3 Å². The van der Waals surface area contributed by atoms with E-state index in [0.29, 0.717) is 13.1 Å². The first-order valence-electron chi connectivity index (χ1n) is 7.71. The van der Waals surface area contributed by atoms with E-state index >= 15 is 0 Å². The SMILES string of the molecule is Cc1ccc(CNC(=O)CN2[C@@H](C)CC(O)C[C@@H]2C)cc1. The normalized spacial score (nSPS) is 26.6. The molecule has 0 aromatic heterocycles. The second-order valence-electron chi connectivity index (χ2n) is 6.26. The molecule has 1 aliphatic rings. The highest BCUT2D eigenvalue weighted by Crippen LogP contribution is 2.22. The first kappa shape index (κ1) is 16.0. The quantitative estimate of drug-likeness (QED) is 0.890. The van der Waals surface area contributed by atoms with Crippen molar-refractivity contribution < 1.29 is 9.90 Å². The van der Waals surface area contributed by atoms with E-state index in [1.807, 2.05) is 12.1 Å². The van der Waals surface area contributed by atoms with Crippen molar-refractivity contribution in [2.24, 2.45) is 0 Å². The molecule has 2 rings (SSSR count). The number of nitrogens with one attached hydrogen (secondary N) is 1. The third kappa shape index (κ3) is 4.55. The van der Waals surface area contributed by atoms with Gasteiger partial charge in [-0.15, -0.1) is 0 Å². The molecule has 1 amide bonds. The minimum absolute atomic E-state index is 0.0469. The molecule has 0 radical (unpaired) electrons. The average molecular weight is 290 g/mol. The van der Waals surface area contributed by atoms with E-state index in [9.17, 15) is 9.90 Å². The van der Waals surface area contributed by atoms with Gasteiger partial charge in [0, 0.05) is 18.6 Å². The van der Waals surface area contributed by atoms with Gasteiger partial charge in [0.1, 0.15) is 0 Å². The molecule has 21 heavy (non-hydrogen) atoms. The van der Waals surface area contributed by atoms with Gasteiger partial charge in [-0.2, -0.15) is 0 Å².